The molecule has 2 aliphatic heterocycles. The molecule has 2 atom stereocenters. The van der Waals surface area contributed by atoms with Crippen molar-refractivity contribution in [1.82, 2.24) is 4.98 Å². The zero-order valence-corrected chi connectivity index (χ0v) is 14.4. The van der Waals surface area contributed by atoms with Gasteiger partial charge in [-0.2, -0.15) is 4.98 Å². The molecule has 1 aromatic heterocycles. The number of aromatic nitrogens is 1. The van der Waals surface area contributed by atoms with Crippen molar-refractivity contribution in [3.05, 3.63) is 48.5 Å². The van der Waals surface area contributed by atoms with E-state index in [1.54, 1.807) is 36.3 Å². The summed E-state index contributed by atoms with van der Waals surface area (Å²) in [6, 6.07) is 0.191. The van der Waals surface area contributed by atoms with Crippen molar-refractivity contribution in [1.29, 1.82) is 0 Å². The summed E-state index contributed by atoms with van der Waals surface area (Å²) in [5, 5.41) is 0. The van der Waals surface area contributed by atoms with Gasteiger partial charge in [0.1, 0.15) is 12.4 Å². The van der Waals surface area contributed by atoms with Crippen LogP contribution >= 0.6 is 0 Å². The van der Waals surface area contributed by atoms with Crippen molar-refractivity contribution in [2.45, 2.75) is 25.6 Å². The molecular formula is C18H20FN3O4. The molecule has 0 amide bonds. The normalized spacial score (nSPS) is 22.8. The molecule has 1 aromatic rings. The van der Waals surface area contributed by atoms with Gasteiger partial charge in [0, 0.05) is 24.7 Å². The van der Waals surface area contributed by atoms with Crippen molar-refractivity contribution in [3.8, 4) is 0 Å². The highest BCUT2D eigenvalue weighted by Gasteiger charge is 2.34. The highest BCUT2D eigenvalue weighted by atomic mass is 19.1. The van der Waals surface area contributed by atoms with Gasteiger partial charge < -0.3 is 18.8 Å². The minimum atomic E-state index is -1.27. The molecule has 0 N–H and O–H groups in total. The van der Waals surface area contributed by atoms with Crippen molar-refractivity contribution in [3.63, 3.8) is 0 Å². The Morgan fingerprint density at radius 2 is 2.35 bits per heavy atom. The van der Waals surface area contributed by atoms with E-state index < -0.39 is 18.2 Å². The van der Waals surface area contributed by atoms with Gasteiger partial charge in [-0.25, -0.2) is 14.2 Å². The smallest absolute Gasteiger partial charge is 0.360 e. The Labute approximate surface area is 150 Å². The van der Waals surface area contributed by atoms with Gasteiger partial charge in [0.2, 0.25) is 5.90 Å². The number of halogens is 1. The summed E-state index contributed by atoms with van der Waals surface area (Å²) in [6.45, 7) is 6.32. The number of allylic oxidation sites excluding steroid dienone is 2. The fourth-order valence-corrected chi connectivity index (χ4v) is 2.63. The molecule has 7 nitrogen and oxygen atoms in total. The number of alkyl halides is 1. The summed E-state index contributed by atoms with van der Waals surface area (Å²) in [7, 11) is 0. The van der Waals surface area contributed by atoms with E-state index in [0.717, 1.165) is 0 Å². The highest BCUT2D eigenvalue weighted by Crippen LogP contribution is 2.24. The monoisotopic (exact) mass is 361 g/mol. The molecule has 0 saturated carbocycles. The van der Waals surface area contributed by atoms with Crippen molar-refractivity contribution in [2.24, 2.45) is 4.99 Å². The van der Waals surface area contributed by atoms with Crippen LogP contribution in [0.5, 0.6) is 0 Å². The van der Waals surface area contributed by atoms with Gasteiger partial charge in [-0.1, -0.05) is 18.7 Å². The second-order valence-electron chi connectivity index (χ2n) is 5.80. The average molecular weight is 361 g/mol. The Morgan fingerprint density at radius 3 is 3.12 bits per heavy atom. The van der Waals surface area contributed by atoms with E-state index in [0.29, 0.717) is 24.4 Å². The fourth-order valence-electron chi connectivity index (χ4n) is 2.63. The number of rotatable bonds is 4. The number of oxazole rings is 1. The summed E-state index contributed by atoms with van der Waals surface area (Å²) >= 11 is 0. The predicted molar refractivity (Wildman–Crippen MR) is 93.9 cm³/mol. The van der Waals surface area contributed by atoms with Gasteiger partial charge in [-0.3, -0.25) is 0 Å². The summed E-state index contributed by atoms with van der Waals surface area (Å²) in [4.78, 5) is 21.5. The van der Waals surface area contributed by atoms with Crippen LogP contribution in [0, 0.1) is 0 Å². The molecule has 138 valence electrons. The maximum absolute atomic E-state index is 14.6. The summed E-state index contributed by atoms with van der Waals surface area (Å²) in [5.74, 6) is -0.250. The number of piperidine rings is 1. The molecule has 1 saturated heterocycles. The quantitative estimate of drug-likeness (QED) is 0.768. The van der Waals surface area contributed by atoms with Crippen LogP contribution in [0.1, 0.15) is 23.8 Å². The first-order valence-corrected chi connectivity index (χ1v) is 8.37. The third-order valence-electron chi connectivity index (χ3n) is 3.95. The van der Waals surface area contributed by atoms with Crippen molar-refractivity contribution >= 4 is 17.9 Å². The molecular weight excluding hydrogens is 341 g/mol. The molecule has 0 spiro atoms. The van der Waals surface area contributed by atoms with Gasteiger partial charge in [0.25, 0.3) is 6.01 Å². The van der Waals surface area contributed by atoms with Crippen molar-refractivity contribution < 1.29 is 23.1 Å². The SMILES string of the molecule is C=C1C=CC=CN=C1O[C@@H]1CCN(c2nc(C(=O)OCC)co2)C[C@@H]1F. The lowest BCUT2D eigenvalue weighted by molar-refractivity contribution is 0.0519. The average Bonchev–Trinajstić information content (AvgIpc) is 3.03. The summed E-state index contributed by atoms with van der Waals surface area (Å²) in [5.41, 5.74) is 0.662. The third-order valence-corrected chi connectivity index (χ3v) is 3.95. The molecule has 3 heterocycles. The van der Waals surface area contributed by atoms with E-state index in [9.17, 15) is 9.18 Å². The van der Waals surface area contributed by atoms with Gasteiger partial charge in [-0.05, 0) is 13.0 Å². The second-order valence-corrected chi connectivity index (χ2v) is 5.80. The number of anilines is 1. The maximum Gasteiger partial charge on any atom is 0.360 e. The van der Waals surface area contributed by atoms with Crippen LogP contribution in [0.2, 0.25) is 0 Å². The Balaban J connectivity index is 1.61. The highest BCUT2D eigenvalue weighted by molar-refractivity contribution is 5.96. The van der Waals surface area contributed by atoms with Crippen LogP contribution < -0.4 is 4.90 Å². The topological polar surface area (TPSA) is 77.2 Å². The molecule has 0 radical (unpaired) electrons. The molecule has 0 aliphatic carbocycles. The molecule has 1 fully saturated rings. The number of aliphatic imine (C=N–C) groups is 1. The number of carbonyl (C=O) groups is 1. The van der Waals surface area contributed by atoms with E-state index in [1.165, 1.54) is 6.26 Å². The van der Waals surface area contributed by atoms with Crippen LogP contribution in [0.3, 0.4) is 0 Å². The van der Waals surface area contributed by atoms with E-state index >= 15 is 0 Å². The minimum absolute atomic E-state index is 0.0406. The first kappa shape index (κ1) is 17.9. The third kappa shape index (κ3) is 4.01. The molecule has 3 rings (SSSR count). The maximum atomic E-state index is 14.6. The van der Waals surface area contributed by atoms with Gasteiger partial charge in [-0.15, -0.1) is 0 Å². The fraction of sp³-hybridized carbons (Fsp3) is 0.389. The summed E-state index contributed by atoms with van der Waals surface area (Å²) in [6.07, 6.45) is 6.60. The Morgan fingerprint density at radius 1 is 1.50 bits per heavy atom. The van der Waals surface area contributed by atoms with Crippen LogP contribution in [0.4, 0.5) is 10.4 Å². The Kier molecular flexibility index (Phi) is 5.50. The molecule has 0 aromatic carbocycles. The lowest BCUT2D eigenvalue weighted by Crippen LogP contribution is -2.46. The second kappa shape index (κ2) is 7.99. The van der Waals surface area contributed by atoms with Crippen molar-refractivity contribution in [2.75, 3.05) is 24.6 Å². The predicted octanol–water partition coefficient (Wildman–Crippen LogP) is 2.82. The lowest BCUT2D eigenvalue weighted by atomic mass is 10.1. The van der Waals surface area contributed by atoms with E-state index in [2.05, 4.69) is 16.6 Å². The first-order valence-electron chi connectivity index (χ1n) is 8.37. The van der Waals surface area contributed by atoms with Gasteiger partial charge >= 0.3 is 5.97 Å². The van der Waals surface area contributed by atoms with Gasteiger partial charge in [0.15, 0.2) is 11.9 Å². The van der Waals surface area contributed by atoms with Crippen LogP contribution in [0.15, 0.2) is 52.3 Å². The first-order chi connectivity index (χ1) is 12.6. The van der Waals surface area contributed by atoms with Gasteiger partial charge in [0.05, 0.1) is 13.2 Å². The lowest BCUT2D eigenvalue weighted by Gasteiger charge is -2.33. The number of ether oxygens (including phenoxy) is 2. The van der Waals surface area contributed by atoms with Crippen LogP contribution in [-0.4, -0.2) is 48.8 Å². The largest absolute Gasteiger partial charge is 0.471 e. The molecule has 8 heteroatoms. The van der Waals surface area contributed by atoms with E-state index in [-0.39, 0.29) is 24.9 Å². The molecule has 26 heavy (non-hydrogen) atoms. The zero-order chi connectivity index (χ0) is 18.5. The van der Waals surface area contributed by atoms with Crippen LogP contribution in [0.25, 0.3) is 0 Å². The zero-order valence-electron chi connectivity index (χ0n) is 14.4. The van der Waals surface area contributed by atoms with E-state index in [4.69, 9.17) is 13.9 Å². The molecule has 2 aliphatic rings. The number of nitrogens with zero attached hydrogens (tertiary/aromatic N) is 3. The standard InChI is InChI=1S/C18H20FN3O4/c1-3-24-17(23)14-11-25-18(21-14)22-9-7-15(13(19)10-22)26-16-12(2)6-4-5-8-20-16/h4-6,8,11,13,15H,2-3,7,9-10H2,1H3/t13-,15+/m0/s1. The summed E-state index contributed by atoms with van der Waals surface area (Å²) < 4.78 is 30.5. The van der Waals surface area contributed by atoms with Crippen LogP contribution in [-0.2, 0) is 9.47 Å². The number of carbonyl (C=O) groups excluding carboxylic acids is 1. The number of esters is 1. The molecule has 0 unspecified atom stereocenters. The minimum Gasteiger partial charge on any atom is -0.471 e. The Hall–Kier alpha value is -2.90. The van der Waals surface area contributed by atoms with E-state index in [1.807, 2.05) is 0 Å². The Bertz CT molecular complexity index is 768. The number of hydrogen-bond donors (Lipinski definition) is 0. The number of hydrogen-bond acceptors (Lipinski definition) is 7. The molecule has 0 bridgehead atoms.